The highest BCUT2D eigenvalue weighted by molar-refractivity contribution is 6.46. The fraction of sp³-hybridized carbons (Fsp3) is 0.944. The van der Waals surface area contributed by atoms with Crippen molar-refractivity contribution in [3.05, 3.63) is 0 Å². The third-order valence-corrected chi connectivity index (χ3v) is 12.5. The fourth-order valence-corrected chi connectivity index (χ4v) is 10.5. The molecule has 0 bridgehead atoms. The van der Waals surface area contributed by atoms with Crippen molar-refractivity contribution in [3.8, 4) is 0 Å². The average Bonchev–Trinajstić information content (AvgIpc) is 3.17. The molecule has 0 radical (unpaired) electrons. The molecular formula is C36H62N2. The molecule has 0 aromatic rings. The van der Waals surface area contributed by atoms with Crippen molar-refractivity contribution in [1.82, 2.24) is 0 Å². The number of rotatable bonds is 6. The Morgan fingerprint density at radius 3 is 1.08 bits per heavy atom. The number of nitrogens with zero attached hydrogens (tertiary/aromatic N) is 2. The predicted octanol–water partition coefficient (Wildman–Crippen LogP) is 9.91. The third-order valence-electron chi connectivity index (χ3n) is 12.5. The molecule has 0 saturated heterocycles. The molecule has 6 atom stereocenters. The van der Waals surface area contributed by atoms with E-state index in [1.807, 2.05) is 0 Å². The van der Waals surface area contributed by atoms with Gasteiger partial charge in [0, 0.05) is 11.8 Å². The maximum absolute atomic E-state index is 6.06. The van der Waals surface area contributed by atoms with Gasteiger partial charge >= 0.3 is 0 Å². The molecular weight excluding hydrogens is 460 g/mol. The van der Waals surface area contributed by atoms with E-state index in [2.05, 4.69) is 55.4 Å². The highest BCUT2D eigenvalue weighted by atomic mass is 14.9. The molecule has 0 amide bonds. The van der Waals surface area contributed by atoms with Crippen LogP contribution in [-0.2, 0) is 0 Å². The molecule has 38 heavy (non-hydrogen) atoms. The van der Waals surface area contributed by atoms with Gasteiger partial charge in [-0.15, -0.1) is 0 Å². The smallest absolute Gasteiger partial charge is 0.0599 e. The van der Waals surface area contributed by atoms with Gasteiger partial charge in [-0.25, -0.2) is 0 Å². The number of hydrogen-bond donors (Lipinski definition) is 0. The van der Waals surface area contributed by atoms with Crippen LogP contribution in [0.2, 0.25) is 0 Å². The Kier molecular flexibility index (Phi) is 9.16. The normalized spacial score (nSPS) is 44.1. The van der Waals surface area contributed by atoms with E-state index in [4.69, 9.17) is 9.98 Å². The number of hydrogen-bond acceptors (Lipinski definition) is 2. The Morgan fingerprint density at radius 2 is 0.763 bits per heavy atom. The molecule has 2 nitrogen and oxygen atoms in total. The summed E-state index contributed by atoms with van der Waals surface area (Å²) in [5.41, 5.74) is 3.12. The quantitative estimate of drug-likeness (QED) is 0.331. The van der Waals surface area contributed by atoms with Crippen molar-refractivity contribution in [2.75, 3.05) is 0 Å². The molecule has 5 fully saturated rings. The van der Waals surface area contributed by atoms with Crippen molar-refractivity contribution >= 4 is 11.4 Å². The van der Waals surface area contributed by atoms with Gasteiger partial charge in [-0.2, -0.15) is 0 Å². The lowest BCUT2D eigenvalue weighted by Gasteiger charge is -2.41. The van der Waals surface area contributed by atoms with Gasteiger partial charge in [-0.3, -0.25) is 9.98 Å². The monoisotopic (exact) mass is 522 g/mol. The van der Waals surface area contributed by atoms with E-state index in [1.54, 1.807) is 11.4 Å². The van der Waals surface area contributed by atoms with Crippen molar-refractivity contribution in [2.24, 2.45) is 81.0 Å². The summed E-state index contributed by atoms with van der Waals surface area (Å²) < 4.78 is 0. The van der Waals surface area contributed by atoms with Crippen LogP contribution in [0, 0.1) is 71.0 Å². The summed E-state index contributed by atoms with van der Waals surface area (Å²) in [6.07, 6.45) is 16.9. The Bertz CT molecular complexity index is 749. The van der Waals surface area contributed by atoms with Gasteiger partial charge in [0.05, 0.1) is 23.5 Å². The lowest BCUT2D eigenvalue weighted by Crippen LogP contribution is -2.40. The van der Waals surface area contributed by atoms with Crippen molar-refractivity contribution < 1.29 is 0 Å². The minimum absolute atomic E-state index is 0.512. The fourth-order valence-electron chi connectivity index (χ4n) is 10.5. The Balaban J connectivity index is 1.63. The Hall–Kier alpha value is -0.660. The summed E-state index contributed by atoms with van der Waals surface area (Å²) in [7, 11) is 0. The van der Waals surface area contributed by atoms with Crippen LogP contribution in [0.25, 0.3) is 0 Å². The first-order valence-corrected chi connectivity index (χ1v) is 17.3. The van der Waals surface area contributed by atoms with Gasteiger partial charge < -0.3 is 0 Å². The van der Waals surface area contributed by atoms with Crippen LogP contribution in [0.15, 0.2) is 9.98 Å². The first-order chi connectivity index (χ1) is 18.2. The van der Waals surface area contributed by atoms with Crippen LogP contribution in [0.3, 0.4) is 0 Å². The molecule has 0 heterocycles. The first-order valence-electron chi connectivity index (χ1n) is 17.3. The minimum atomic E-state index is 0.512. The molecule has 0 spiro atoms. The van der Waals surface area contributed by atoms with E-state index < -0.39 is 0 Å². The first kappa shape index (κ1) is 28.9. The summed E-state index contributed by atoms with van der Waals surface area (Å²) in [4.78, 5) is 12.1. The topological polar surface area (TPSA) is 24.7 Å². The van der Waals surface area contributed by atoms with Crippen LogP contribution < -0.4 is 0 Å². The molecule has 0 aliphatic heterocycles. The summed E-state index contributed by atoms with van der Waals surface area (Å²) in [5.74, 6) is 9.08. The van der Waals surface area contributed by atoms with E-state index in [1.165, 1.54) is 77.0 Å². The summed E-state index contributed by atoms with van der Waals surface area (Å²) in [6, 6.07) is 1.02. The van der Waals surface area contributed by atoms with E-state index >= 15 is 0 Å². The third kappa shape index (κ3) is 5.46. The SMILES string of the molecule is CC(C)C1CCCC(C(C)C)C1N=C1C(=NC2C(C(C)C)CCCC2C(C)C)C2CCCC3CCCC1C32. The van der Waals surface area contributed by atoms with E-state index in [-0.39, 0.29) is 0 Å². The van der Waals surface area contributed by atoms with Crippen LogP contribution in [0.1, 0.15) is 132 Å². The highest BCUT2D eigenvalue weighted by Gasteiger charge is 2.53. The molecule has 5 aliphatic carbocycles. The van der Waals surface area contributed by atoms with E-state index in [9.17, 15) is 0 Å². The van der Waals surface area contributed by atoms with E-state index in [0.29, 0.717) is 23.9 Å². The standard InChI is InChI=1S/C36H62N2/c1-21(2)26-15-11-16-27(22(3)4)33(26)37-35-30-19-9-13-25-14-10-20-31(32(25)30)36(35)38-34-28(23(5)6)17-12-18-29(34)24(7)8/h21-34H,9-20H2,1-8H3. The predicted molar refractivity (Wildman–Crippen MR) is 165 cm³/mol. The van der Waals surface area contributed by atoms with Gasteiger partial charge in [-0.1, -0.05) is 93.9 Å². The molecule has 0 aromatic heterocycles. The van der Waals surface area contributed by atoms with Gasteiger partial charge in [-0.05, 0) is 97.7 Å². The second-order valence-electron chi connectivity index (χ2n) is 15.9. The summed E-state index contributed by atoms with van der Waals surface area (Å²) in [5, 5.41) is 0. The van der Waals surface area contributed by atoms with E-state index in [0.717, 1.165) is 59.2 Å². The van der Waals surface area contributed by atoms with Crippen LogP contribution in [-0.4, -0.2) is 23.5 Å². The van der Waals surface area contributed by atoms with Crippen molar-refractivity contribution in [2.45, 2.75) is 145 Å². The zero-order chi connectivity index (χ0) is 27.1. The van der Waals surface area contributed by atoms with Crippen molar-refractivity contribution in [1.29, 1.82) is 0 Å². The Morgan fingerprint density at radius 1 is 0.447 bits per heavy atom. The molecule has 5 saturated carbocycles. The van der Waals surface area contributed by atoms with Gasteiger partial charge in [0.2, 0.25) is 0 Å². The zero-order valence-corrected chi connectivity index (χ0v) is 26.5. The molecule has 0 aromatic carbocycles. The minimum Gasteiger partial charge on any atom is -0.284 e. The maximum Gasteiger partial charge on any atom is 0.0599 e. The lowest BCUT2D eigenvalue weighted by atomic mass is 9.64. The van der Waals surface area contributed by atoms with Crippen LogP contribution in [0.4, 0.5) is 0 Å². The molecule has 5 rings (SSSR count). The second kappa shape index (κ2) is 12.1. The van der Waals surface area contributed by atoms with Gasteiger partial charge in [0.25, 0.3) is 0 Å². The van der Waals surface area contributed by atoms with Crippen LogP contribution in [0.5, 0.6) is 0 Å². The zero-order valence-electron chi connectivity index (χ0n) is 26.5. The maximum atomic E-state index is 6.06. The molecule has 2 heteroatoms. The average molecular weight is 523 g/mol. The molecule has 0 N–H and O–H groups in total. The van der Waals surface area contributed by atoms with Gasteiger partial charge in [0.1, 0.15) is 0 Å². The number of aliphatic imine (C=N–C) groups is 2. The molecule has 6 unspecified atom stereocenters. The van der Waals surface area contributed by atoms with Crippen molar-refractivity contribution in [3.63, 3.8) is 0 Å². The largest absolute Gasteiger partial charge is 0.284 e. The second-order valence-corrected chi connectivity index (χ2v) is 15.9. The lowest BCUT2D eigenvalue weighted by molar-refractivity contribution is 0.118. The summed E-state index contributed by atoms with van der Waals surface area (Å²) >= 11 is 0. The van der Waals surface area contributed by atoms with Crippen LogP contribution >= 0.6 is 0 Å². The molecule has 216 valence electrons. The van der Waals surface area contributed by atoms with Gasteiger partial charge in [0.15, 0.2) is 0 Å². The highest BCUT2D eigenvalue weighted by Crippen LogP contribution is 2.54. The molecule has 5 aliphatic rings. The summed E-state index contributed by atoms with van der Waals surface area (Å²) in [6.45, 7) is 19.8. The Labute approximate surface area is 236 Å².